The van der Waals surface area contributed by atoms with E-state index in [1.165, 1.54) is 19.1 Å². The number of hydrogen-bond acceptors (Lipinski definition) is 7. The van der Waals surface area contributed by atoms with Crippen molar-refractivity contribution >= 4 is 17.8 Å². The number of fused-ring (bicyclic) bond motifs is 1. The molecule has 148 valence electrons. The monoisotopic (exact) mass is 380 g/mol. The molecule has 1 saturated heterocycles. The summed E-state index contributed by atoms with van der Waals surface area (Å²) in [6, 6.07) is 0. The lowest BCUT2D eigenvalue weighted by Crippen LogP contribution is -2.37. The number of carbonyl (C=O) groups excluding carboxylic acids is 3. The number of aromatic nitrogens is 2. The number of hydrogen-bond donors (Lipinski definition) is 2. The molecule has 27 heavy (non-hydrogen) atoms. The van der Waals surface area contributed by atoms with E-state index >= 15 is 0 Å². The van der Waals surface area contributed by atoms with Crippen LogP contribution in [0.5, 0.6) is 0 Å². The van der Waals surface area contributed by atoms with Crippen molar-refractivity contribution in [1.29, 1.82) is 0 Å². The number of nitrogens with one attached hydrogen (secondary N) is 1. The van der Waals surface area contributed by atoms with Gasteiger partial charge in [0.05, 0.1) is 31.9 Å². The number of rotatable bonds is 5. The summed E-state index contributed by atoms with van der Waals surface area (Å²) in [6.45, 7) is 1.29. The second-order valence-electron chi connectivity index (χ2n) is 6.72. The van der Waals surface area contributed by atoms with Crippen LogP contribution in [0.3, 0.4) is 0 Å². The molecule has 3 rings (SSSR count). The lowest BCUT2D eigenvalue weighted by molar-refractivity contribution is -0.143. The van der Waals surface area contributed by atoms with Crippen LogP contribution in [0, 0.1) is 0 Å². The third-order valence-corrected chi connectivity index (χ3v) is 5.09. The van der Waals surface area contributed by atoms with E-state index in [-0.39, 0.29) is 31.2 Å². The first-order valence-corrected chi connectivity index (χ1v) is 8.85. The summed E-state index contributed by atoms with van der Waals surface area (Å²) < 4.78 is 9.72. The number of methoxy groups -OCH3 is 2. The molecular weight excluding hydrogens is 356 g/mol. The van der Waals surface area contributed by atoms with E-state index in [2.05, 4.69) is 14.9 Å². The Labute approximate surface area is 156 Å². The van der Waals surface area contributed by atoms with Crippen molar-refractivity contribution in [3.05, 3.63) is 17.0 Å². The van der Waals surface area contributed by atoms with Gasteiger partial charge in [0.1, 0.15) is 6.10 Å². The molecule has 10 heteroatoms. The molecule has 0 saturated carbocycles. The predicted octanol–water partition coefficient (Wildman–Crippen LogP) is -0.921. The minimum Gasteiger partial charge on any atom is -0.469 e. The number of β-amino-alcohol motifs (C(OH)–C–C–N with tert-alkyl or cyclic N) is 1. The molecule has 2 atom stereocenters. The summed E-state index contributed by atoms with van der Waals surface area (Å²) >= 11 is 0. The van der Waals surface area contributed by atoms with Gasteiger partial charge < -0.3 is 24.4 Å². The Hall–Kier alpha value is -2.46. The molecule has 0 spiro atoms. The van der Waals surface area contributed by atoms with E-state index in [1.54, 1.807) is 4.90 Å². The van der Waals surface area contributed by atoms with E-state index in [9.17, 15) is 19.5 Å². The minimum absolute atomic E-state index is 0.0450. The van der Waals surface area contributed by atoms with Gasteiger partial charge in [0.25, 0.3) is 5.91 Å². The number of aliphatic hydroxyl groups excluding tert-OH is 1. The number of esters is 1. The van der Waals surface area contributed by atoms with Crippen molar-refractivity contribution in [3.8, 4) is 0 Å². The Balaban J connectivity index is 1.64. The topological polar surface area (TPSA) is 125 Å². The summed E-state index contributed by atoms with van der Waals surface area (Å²) in [4.78, 5) is 39.4. The van der Waals surface area contributed by atoms with Gasteiger partial charge in [-0.1, -0.05) is 0 Å². The smallest absolute Gasteiger partial charge is 0.306 e. The highest BCUT2D eigenvalue weighted by Crippen LogP contribution is 2.24. The molecule has 2 aliphatic rings. The van der Waals surface area contributed by atoms with Crippen LogP contribution in [0.2, 0.25) is 0 Å². The van der Waals surface area contributed by atoms with Crippen LogP contribution in [-0.2, 0) is 32.0 Å². The average molecular weight is 380 g/mol. The maximum Gasteiger partial charge on any atom is 0.306 e. The van der Waals surface area contributed by atoms with Gasteiger partial charge in [-0.05, 0) is 6.42 Å². The summed E-state index contributed by atoms with van der Waals surface area (Å²) in [7, 11) is 2.79. The van der Waals surface area contributed by atoms with Gasteiger partial charge in [0, 0.05) is 38.7 Å². The Bertz CT molecular complexity index is 733. The fourth-order valence-electron chi connectivity index (χ4n) is 3.48. The molecular formula is C17H24N4O6. The van der Waals surface area contributed by atoms with E-state index < -0.39 is 18.2 Å². The van der Waals surface area contributed by atoms with Crippen LogP contribution < -0.4 is 0 Å². The van der Waals surface area contributed by atoms with Crippen molar-refractivity contribution in [2.45, 2.75) is 38.0 Å². The van der Waals surface area contributed by atoms with E-state index in [4.69, 9.17) is 4.74 Å². The fraction of sp³-hybridized carbons (Fsp3) is 0.647. The number of aliphatic hydroxyl groups is 1. The first-order chi connectivity index (χ1) is 12.9. The standard InChI is InChI=1S/C17H24N4O6/c1-26-13-9-21(8-12(13)22)17(25)16-10-5-6-20(7-11(10)18-19-16)14(23)3-4-15(24)27-2/h12-13,22H,3-9H2,1-2H3,(H,18,19)/t12-,13-/m0/s1. The third-order valence-electron chi connectivity index (χ3n) is 5.09. The largest absolute Gasteiger partial charge is 0.469 e. The Morgan fingerprint density at radius 2 is 2.00 bits per heavy atom. The van der Waals surface area contributed by atoms with Gasteiger partial charge >= 0.3 is 5.97 Å². The van der Waals surface area contributed by atoms with Gasteiger partial charge in [-0.3, -0.25) is 19.5 Å². The zero-order valence-electron chi connectivity index (χ0n) is 15.4. The summed E-state index contributed by atoms with van der Waals surface area (Å²) in [6.07, 6.45) is -0.473. The number of nitrogens with zero attached hydrogens (tertiary/aromatic N) is 3. The van der Waals surface area contributed by atoms with Gasteiger partial charge in [0.2, 0.25) is 5.91 Å². The second-order valence-corrected chi connectivity index (χ2v) is 6.72. The van der Waals surface area contributed by atoms with Crippen LogP contribution in [0.15, 0.2) is 0 Å². The molecule has 0 radical (unpaired) electrons. The van der Waals surface area contributed by atoms with Gasteiger partial charge in [-0.25, -0.2) is 0 Å². The zero-order chi connectivity index (χ0) is 19.6. The quantitative estimate of drug-likeness (QED) is 0.633. The first-order valence-electron chi connectivity index (χ1n) is 8.85. The fourth-order valence-corrected chi connectivity index (χ4v) is 3.48. The van der Waals surface area contributed by atoms with Crippen LogP contribution in [0.4, 0.5) is 0 Å². The maximum atomic E-state index is 12.8. The SMILES string of the molecule is COC(=O)CCC(=O)N1CCc2c(C(=O)N3C[C@H](OC)[C@@H](O)C3)n[nH]c2C1. The summed E-state index contributed by atoms with van der Waals surface area (Å²) in [5, 5.41) is 16.9. The Kier molecular flexibility index (Phi) is 5.76. The molecule has 1 fully saturated rings. The van der Waals surface area contributed by atoms with Gasteiger partial charge in [-0.15, -0.1) is 0 Å². The van der Waals surface area contributed by atoms with Crippen LogP contribution in [0.25, 0.3) is 0 Å². The van der Waals surface area contributed by atoms with E-state index in [0.29, 0.717) is 31.7 Å². The molecule has 2 amide bonds. The normalized spacial score (nSPS) is 21.9. The minimum atomic E-state index is -0.711. The van der Waals surface area contributed by atoms with Crippen molar-refractivity contribution in [2.75, 3.05) is 33.9 Å². The predicted molar refractivity (Wildman–Crippen MR) is 91.7 cm³/mol. The summed E-state index contributed by atoms with van der Waals surface area (Å²) in [5.74, 6) is -0.812. The van der Waals surface area contributed by atoms with Gasteiger partial charge in [-0.2, -0.15) is 5.10 Å². The maximum absolute atomic E-state index is 12.8. The molecule has 2 N–H and O–H groups in total. The zero-order valence-corrected chi connectivity index (χ0v) is 15.4. The van der Waals surface area contributed by atoms with E-state index in [0.717, 1.165) is 11.3 Å². The van der Waals surface area contributed by atoms with Crippen LogP contribution >= 0.6 is 0 Å². The summed E-state index contributed by atoms with van der Waals surface area (Å²) in [5.41, 5.74) is 1.85. The van der Waals surface area contributed by atoms with Crippen molar-refractivity contribution in [2.24, 2.45) is 0 Å². The molecule has 0 aliphatic carbocycles. The molecule has 10 nitrogen and oxygen atoms in total. The number of ether oxygens (including phenoxy) is 2. The molecule has 1 aromatic rings. The average Bonchev–Trinajstić information content (AvgIpc) is 3.27. The van der Waals surface area contributed by atoms with Crippen molar-refractivity contribution in [1.82, 2.24) is 20.0 Å². The molecule has 2 aliphatic heterocycles. The highest BCUT2D eigenvalue weighted by Gasteiger charge is 2.37. The number of likely N-dealkylation sites (tertiary alicyclic amines) is 1. The van der Waals surface area contributed by atoms with Crippen LogP contribution in [0.1, 0.15) is 34.6 Å². The Morgan fingerprint density at radius 3 is 2.67 bits per heavy atom. The molecule has 1 aromatic heterocycles. The van der Waals surface area contributed by atoms with E-state index in [1.807, 2.05) is 0 Å². The Morgan fingerprint density at radius 1 is 1.22 bits per heavy atom. The van der Waals surface area contributed by atoms with Crippen molar-refractivity contribution in [3.63, 3.8) is 0 Å². The third kappa shape index (κ3) is 3.96. The highest BCUT2D eigenvalue weighted by atomic mass is 16.5. The first kappa shape index (κ1) is 19.3. The number of carbonyl (C=O) groups is 3. The second kappa shape index (κ2) is 8.05. The molecule has 0 aromatic carbocycles. The van der Waals surface area contributed by atoms with Gasteiger partial charge in [0.15, 0.2) is 5.69 Å². The lowest BCUT2D eigenvalue weighted by atomic mass is 10.0. The number of amides is 2. The molecule has 0 unspecified atom stereocenters. The number of aromatic amines is 1. The highest BCUT2D eigenvalue weighted by molar-refractivity contribution is 5.94. The van der Waals surface area contributed by atoms with Crippen LogP contribution in [-0.4, -0.2) is 88.9 Å². The lowest BCUT2D eigenvalue weighted by Gasteiger charge is -2.27. The molecule has 0 bridgehead atoms. The van der Waals surface area contributed by atoms with Crippen molar-refractivity contribution < 1.29 is 29.0 Å². The number of H-pyrrole nitrogens is 1. The molecule has 3 heterocycles.